The van der Waals surface area contributed by atoms with Crippen LogP contribution in [0.15, 0.2) is 22.6 Å². The van der Waals surface area contributed by atoms with Crippen LogP contribution in [0.4, 0.5) is 27.6 Å². The largest absolute Gasteiger partial charge is 0.436 e. The van der Waals surface area contributed by atoms with Crippen molar-refractivity contribution in [2.75, 3.05) is 5.32 Å². The third kappa shape index (κ3) is 3.39. The Hall–Kier alpha value is -2.97. The molecule has 7 rings (SSSR count). The van der Waals surface area contributed by atoms with Crippen molar-refractivity contribution >= 4 is 22.7 Å². The van der Waals surface area contributed by atoms with Crippen LogP contribution in [0.2, 0.25) is 0 Å². The Balaban J connectivity index is 1.24. The van der Waals surface area contributed by atoms with Gasteiger partial charge in [0.2, 0.25) is 17.6 Å². The summed E-state index contributed by atoms with van der Waals surface area (Å²) in [5.74, 6) is -9.10. The van der Waals surface area contributed by atoms with Crippen molar-refractivity contribution < 1.29 is 31.2 Å². The second-order valence-corrected chi connectivity index (χ2v) is 10.3. The van der Waals surface area contributed by atoms with Gasteiger partial charge in [0.15, 0.2) is 28.9 Å². The van der Waals surface area contributed by atoms with E-state index >= 15 is 0 Å². The number of carbonyl (C=O) groups is 1. The minimum absolute atomic E-state index is 0.0653. The zero-order valence-electron chi connectivity index (χ0n) is 18.1. The predicted octanol–water partition coefficient (Wildman–Crippen LogP) is 6.74. The highest BCUT2D eigenvalue weighted by Crippen LogP contribution is 2.61. The number of fused-ring (bicyclic) bond motifs is 1. The van der Waals surface area contributed by atoms with Crippen molar-refractivity contribution in [2.45, 2.75) is 44.9 Å². The normalized spacial score (nSPS) is 27.5. The lowest BCUT2D eigenvalue weighted by molar-refractivity contribution is -0.124. The number of carbonyl (C=O) groups excluding carboxylic acids is 1. The Labute approximate surface area is 191 Å². The summed E-state index contributed by atoms with van der Waals surface area (Å²) >= 11 is 0. The van der Waals surface area contributed by atoms with Crippen molar-refractivity contribution in [1.29, 1.82) is 0 Å². The van der Waals surface area contributed by atoms with Crippen LogP contribution in [-0.4, -0.2) is 10.9 Å². The van der Waals surface area contributed by atoms with Crippen LogP contribution in [0.25, 0.3) is 22.6 Å². The highest BCUT2D eigenvalue weighted by Gasteiger charge is 2.51. The van der Waals surface area contributed by atoms with E-state index < -0.39 is 40.5 Å². The zero-order chi connectivity index (χ0) is 23.8. The van der Waals surface area contributed by atoms with E-state index in [2.05, 4.69) is 10.3 Å². The highest BCUT2D eigenvalue weighted by atomic mass is 19.2. The average Bonchev–Trinajstić information content (AvgIpc) is 3.18. The van der Waals surface area contributed by atoms with Crippen LogP contribution in [0.3, 0.4) is 0 Å². The third-order valence-corrected chi connectivity index (χ3v) is 7.80. The summed E-state index contributed by atoms with van der Waals surface area (Å²) in [5.41, 5.74) is -0.556. The number of hydrogen-bond donors (Lipinski definition) is 1. The predicted molar refractivity (Wildman–Crippen MR) is 113 cm³/mol. The number of halogens is 5. The first-order valence-electron chi connectivity index (χ1n) is 11.4. The molecule has 1 aromatic heterocycles. The van der Waals surface area contributed by atoms with E-state index in [0.717, 1.165) is 37.0 Å². The molecule has 0 spiro atoms. The molecule has 0 aliphatic heterocycles. The number of benzene rings is 2. The topological polar surface area (TPSA) is 55.1 Å². The SMILES string of the molecule is O=C(CC12CC3CC(CC(C3)C1)C2)Nc1ccc2oc(-c3c(F)c(F)c(F)c(F)c3F)nc2c1. The maximum Gasteiger partial charge on any atom is 0.233 e. The lowest BCUT2D eigenvalue weighted by Crippen LogP contribution is -2.47. The molecule has 178 valence electrons. The van der Waals surface area contributed by atoms with Gasteiger partial charge in [-0.2, -0.15) is 0 Å². The molecule has 1 N–H and O–H groups in total. The molecule has 4 fully saturated rings. The van der Waals surface area contributed by atoms with Gasteiger partial charge in [-0.15, -0.1) is 0 Å². The van der Waals surface area contributed by atoms with Crippen LogP contribution in [0.1, 0.15) is 44.9 Å². The Bertz CT molecular complexity index is 1270. The molecular weight excluding hydrogens is 455 g/mol. The Kier molecular flexibility index (Phi) is 4.76. The maximum absolute atomic E-state index is 14.1. The fourth-order valence-corrected chi connectivity index (χ4v) is 6.96. The molecule has 3 aromatic rings. The van der Waals surface area contributed by atoms with Crippen LogP contribution in [0.5, 0.6) is 0 Å². The fourth-order valence-electron chi connectivity index (χ4n) is 6.96. The van der Waals surface area contributed by atoms with E-state index in [4.69, 9.17) is 4.42 Å². The molecule has 1 amide bonds. The maximum atomic E-state index is 14.1. The van der Waals surface area contributed by atoms with Gasteiger partial charge in [-0.25, -0.2) is 26.9 Å². The van der Waals surface area contributed by atoms with Crippen molar-refractivity contribution in [3.8, 4) is 11.5 Å². The quantitative estimate of drug-likeness (QED) is 0.258. The first-order valence-corrected chi connectivity index (χ1v) is 11.4. The number of aromatic nitrogens is 1. The van der Waals surface area contributed by atoms with E-state index in [1.54, 1.807) is 6.07 Å². The average molecular weight is 476 g/mol. The van der Waals surface area contributed by atoms with Crippen LogP contribution in [0, 0.1) is 52.3 Å². The molecular formula is C25H21F5N2O2. The highest BCUT2D eigenvalue weighted by molar-refractivity contribution is 5.93. The molecule has 0 saturated heterocycles. The van der Waals surface area contributed by atoms with Gasteiger partial charge in [0.1, 0.15) is 11.1 Å². The summed E-state index contributed by atoms with van der Waals surface area (Å²) in [7, 11) is 0. The smallest absolute Gasteiger partial charge is 0.233 e. The van der Waals surface area contributed by atoms with Gasteiger partial charge in [0.05, 0.1) is 0 Å². The number of anilines is 1. The lowest BCUT2D eigenvalue weighted by atomic mass is 9.49. The van der Waals surface area contributed by atoms with Crippen molar-refractivity contribution in [1.82, 2.24) is 4.98 Å². The molecule has 4 saturated carbocycles. The molecule has 4 nitrogen and oxygen atoms in total. The number of rotatable bonds is 4. The molecule has 34 heavy (non-hydrogen) atoms. The molecule has 0 atom stereocenters. The molecule has 4 aliphatic carbocycles. The number of nitrogens with zero attached hydrogens (tertiary/aromatic N) is 1. The summed E-state index contributed by atoms with van der Waals surface area (Å²) in [5, 5.41) is 2.87. The molecule has 1 heterocycles. The van der Waals surface area contributed by atoms with E-state index in [9.17, 15) is 26.7 Å². The fraction of sp³-hybridized carbons (Fsp3) is 0.440. The van der Waals surface area contributed by atoms with Gasteiger partial charge in [0.25, 0.3) is 0 Å². The molecule has 9 heteroatoms. The standard InChI is InChI=1S/C25H21F5N2O2/c26-19-18(20(27)22(29)23(30)21(19)28)24-32-15-6-14(1-2-16(15)34-24)31-17(33)10-25-7-11-3-12(8-25)5-13(4-11)9-25/h1-2,6,11-13H,3-5,7-10H2,(H,31,33). The van der Waals surface area contributed by atoms with Crippen LogP contribution in [-0.2, 0) is 4.79 Å². The van der Waals surface area contributed by atoms with Gasteiger partial charge in [0, 0.05) is 12.1 Å². The van der Waals surface area contributed by atoms with E-state index in [-0.39, 0.29) is 22.4 Å². The molecule has 4 aliphatic rings. The van der Waals surface area contributed by atoms with Crippen LogP contribution >= 0.6 is 0 Å². The Morgan fingerprint density at radius 2 is 1.47 bits per heavy atom. The molecule has 4 bridgehead atoms. The lowest BCUT2D eigenvalue weighted by Gasteiger charge is -2.56. The minimum Gasteiger partial charge on any atom is -0.436 e. The zero-order valence-corrected chi connectivity index (χ0v) is 18.1. The number of nitrogens with one attached hydrogen (secondary N) is 1. The number of amides is 1. The second-order valence-electron chi connectivity index (χ2n) is 10.3. The van der Waals surface area contributed by atoms with Gasteiger partial charge in [-0.3, -0.25) is 4.79 Å². The summed E-state index contributed by atoms with van der Waals surface area (Å²) in [6.07, 6.45) is 7.60. The van der Waals surface area contributed by atoms with Gasteiger partial charge < -0.3 is 9.73 Å². The minimum atomic E-state index is -2.25. The van der Waals surface area contributed by atoms with Crippen molar-refractivity contribution in [3.63, 3.8) is 0 Å². The molecule has 0 radical (unpaired) electrons. The molecule has 2 aromatic carbocycles. The number of hydrogen-bond acceptors (Lipinski definition) is 3. The molecule has 0 unspecified atom stereocenters. The summed E-state index contributed by atoms with van der Waals surface area (Å²) < 4.78 is 74.1. The van der Waals surface area contributed by atoms with E-state index in [0.29, 0.717) is 12.1 Å². The van der Waals surface area contributed by atoms with Crippen molar-refractivity contribution in [2.24, 2.45) is 23.2 Å². The monoisotopic (exact) mass is 476 g/mol. The van der Waals surface area contributed by atoms with Gasteiger partial charge in [-0.05, 0) is 79.9 Å². The van der Waals surface area contributed by atoms with Gasteiger partial charge in [-0.1, -0.05) is 0 Å². The van der Waals surface area contributed by atoms with Crippen molar-refractivity contribution in [3.05, 3.63) is 47.3 Å². The first-order chi connectivity index (χ1) is 16.2. The van der Waals surface area contributed by atoms with E-state index in [1.807, 2.05) is 0 Å². The Morgan fingerprint density at radius 3 is 2.06 bits per heavy atom. The van der Waals surface area contributed by atoms with E-state index in [1.165, 1.54) is 31.4 Å². The Morgan fingerprint density at radius 1 is 0.912 bits per heavy atom. The van der Waals surface area contributed by atoms with Gasteiger partial charge >= 0.3 is 0 Å². The summed E-state index contributed by atoms with van der Waals surface area (Å²) in [4.78, 5) is 16.8. The third-order valence-electron chi connectivity index (χ3n) is 7.80. The van der Waals surface area contributed by atoms with Crippen LogP contribution < -0.4 is 5.32 Å². The second kappa shape index (κ2) is 7.52. The number of oxazole rings is 1. The first kappa shape index (κ1) is 21.6. The summed E-state index contributed by atoms with van der Waals surface area (Å²) in [6.45, 7) is 0. The summed E-state index contributed by atoms with van der Waals surface area (Å²) in [6, 6.07) is 4.43.